The average molecular weight is 235 g/mol. The van der Waals surface area contributed by atoms with Crippen LogP contribution in [0.2, 0.25) is 0 Å². The van der Waals surface area contributed by atoms with Crippen molar-refractivity contribution in [3.05, 3.63) is 34.9 Å². The van der Waals surface area contributed by atoms with E-state index in [0.717, 1.165) is 12.6 Å². The van der Waals surface area contributed by atoms with Crippen LogP contribution in [0.1, 0.15) is 29.5 Å². The molecule has 0 aromatic heterocycles. The van der Waals surface area contributed by atoms with Crippen LogP contribution in [0.4, 0.5) is 0 Å². The number of nitrogens with one attached hydrogen (secondary N) is 1. The first kappa shape index (κ1) is 12.0. The highest BCUT2D eigenvalue weighted by molar-refractivity contribution is 7.99. The summed E-state index contributed by atoms with van der Waals surface area (Å²) in [6, 6.07) is 7.53. The van der Waals surface area contributed by atoms with E-state index in [1.165, 1.54) is 41.0 Å². The van der Waals surface area contributed by atoms with Crippen LogP contribution in [0.5, 0.6) is 0 Å². The Kier molecular flexibility index (Phi) is 4.30. The number of thioether (sulfide) groups is 1. The lowest BCUT2D eigenvalue weighted by atomic mass is 10.1. The Morgan fingerprint density at radius 3 is 2.62 bits per heavy atom. The summed E-state index contributed by atoms with van der Waals surface area (Å²) < 4.78 is 0. The van der Waals surface area contributed by atoms with Crippen LogP contribution in [0.25, 0.3) is 0 Å². The molecule has 1 fully saturated rings. The molecule has 1 atom stereocenters. The maximum absolute atomic E-state index is 3.67. The maximum Gasteiger partial charge on any atom is 0.0208 e. The van der Waals surface area contributed by atoms with E-state index in [2.05, 4.69) is 49.1 Å². The first-order valence-corrected chi connectivity index (χ1v) is 7.28. The largest absolute Gasteiger partial charge is 0.309 e. The van der Waals surface area contributed by atoms with Gasteiger partial charge in [-0.15, -0.1) is 0 Å². The topological polar surface area (TPSA) is 12.0 Å². The van der Waals surface area contributed by atoms with Gasteiger partial charge in [0.25, 0.3) is 0 Å². The Hall–Kier alpha value is -0.470. The molecular weight excluding hydrogens is 214 g/mol. The summed E-state index contributed by atoms with van der Waals surface area (Å²) in [5, 5.41) is 3.67. The molecule has 1 heterocycles. The molecule has 0 bridgehead atoms. The van der Waals surface area contributed by atoms with Crippen LogP contribution >= 0.6 is 11.8 Å². The number of hydrogen-bond acceptors (Lipinski definition) is 2. The molecule has 1 nitrogen and oxygen atoms in total. The molecule has 0 aliphatic carbocycles. The van der Waals surface area contributed by atoms with Crippen LogP contribution in [-0.2, 0) is 6.54 Å². The van der Waals surface area contributed by atoms with E-state index >= 15 is 0 Å². The fraction of sp³-hybridized carbons (Fsp3) is 0.571. The van der Waals surface area contributed by atoms with Gasteiger partial charge in [-0.2, -0.15) is 11.8 Å². The van der Waals surface area contributed by atoms with E-state index < -0.39 is 0 Å². The molecular formula is C14H21NS. The molecule has 0 spiro atoms. The second-order valence-electron chi connectivity index (χ2n) is 4.79. The van der Waals surface area contributed by atoms with Crippen LogP contribution < -0.4 is 5.32 Å². The van der Waals surface area contributed by atoms with Crippen LogP contribution in [0, 0.1) is 13.8 Å². The first-order chi connectivity index (χ1) is 7.74. The maximum atomic E-state index is 3.67. The third-order valence-electron chi connectivity index (χ3n) is 3.04. The molecule has 0 amide bonds. The molecule has 1 unspecified atom stereocenters. The summed E-state index contributed by atoms with van der Waals surface area (Å²) in [7, 11) is 0. The zero-order chi connectivity index (χ0) is 11.4. The molecule has 2 rings (SSSR count). The van der Waals surface area contributed by atoms with Gasteiger partial charge in [0.15, 0.2) is 0 Å². The van der Waals surface area contributed by atoms with Crippen molar-refractivity contribution in [1.82, 2.24) is 5.32 Å². The molecule has 88 valence electrons. The lowest BCUT2D eigenvalue weighted by Gasteiger charge is -2.22. The van der Waals surface area contributed by atoms with Gasteiger partial charge >= 0.3 is 0 Å². The second-order valence-corrected chi connectivity index (χ2v) is 5.94. The fourth-order valence-corrected chi connectivity index (χ4v) is 3.44. The van der Waals surface area contributed by atoms with E-state index in [1.807, 2.05) is 0 Å². The summed E-state index contributed by atoms with van der Waals surface area (Å²) >= 11 is 2.08. The fourth-order valence-electron chi connectivity index (χ4n) is 2.33. The van der Waals surface area contributed by atoms with Crippen molar-refractivity contribution in [1.29, 1.82) is 0 Å². The Bertz CT molecular complexity index is 322. The monoisotopic (exact) mass is 235 g/mol. The summed E-state index contributed by atoms with van der Waals surface area (Å²) in [6.45, 7) is 5.37. The molecule has 0 saturated carbocycles. The van der Waals surface area contributed by atoms with Crippen molar-refractivity contribution in [3.63, 3.8) is 0 Å². The lowest BCUT2D eigenvalue weighted by molar-refractivity contribution is 0.507. The van der Waals surface area contributed by atoms with Gasteiger partial charge in [-0.1, -0.05) is 29.3 Å². The van der Waals surface area contributed by atoms with E-state index in [1.54, 1.807) is 0 Å². The van der Waals surface area contributed by atoms with Crippen LogP contribution in [0.3, 0.4) is 0 Å². The predicted octanol–water partition coefficient (Wildman–Crippen LogP) is 3.29. The average Bonchev–Trinajstić information content (AvgIpc) is 2.27. The van der Waals surface area contributed by atoms with E-state index in [-0.39, 0.29) is 0 Å². The molecule has 16 heavy (non-hydrogen) atoms. The van der Waals surface area contributed by atoms with Gasteiger partial charge in [0.1, 0.15) is 0 Å². The van der Waals surface area contributed by atoms with Gasteiger partial charge in [0.05, 0.1) is 0 Å². The van der Waals surface area contributed by atoms with E-state index in [0.29, 0.717) is 0 Å². The minimum absolute atomic E-state index is 0.722. The molecule has 1 N–H and O–H groups in total. The van der Waals surface area contributed by atoms with Crippen molar-refractivity contribution >= 4 is 11.8 Å². The summed E-state index contributed by atoms with van der Waals surface area (Å²) in [4.78, 5) is 0. The zero-order valence-corrected chi connectivity index (χ0v) is 11.1. The molecule has 1 aliphatic heterocycles. The Morgan fingerprint density at radius 1 is 1.25 bits per heavy atom. The number of rotatable bonds is 3. The standard InChI is InChI=1S/C14H21NS/c1-11-6-12(2)8-13(7-11)9-15-14-4-3-5-16-10-14/h6-8,14-15H,3-5,9-10H2,1-2H3. The zero-order valence-electron chi connectivity index (χ0n) is 10.3. The van der Waals surface area contributed by atoms with Gasteiger partial charge < -0.3 is 5.32 Å². The summed E-state index contributed by atoms with van der Waals surface area (Å²) in [5.41, 5.74) is 4.16. The number of benzene rings is 1. The Morgan fingerprint density at radius 2 is 2.00 bits per heavy atom. The van der Waals surface area contributed by atoms with E-state index in [9.17, 15) is 0 Å². The summed E-state index contributed by atoms with van der Waals surface area (Å²) in [6.07, 6.45) is 2.72. The third kappa shape index (κ3) is 3.53. The van der Waals surface area contributed by atoms with Crippen molar-refractivity contribution in [2.75, 3.05) is 11.5 Å². The van der Waals surface area contributed by atoms with Crippen LogP contribution in [-0.4, -0.2) is 17.5 Å². The first-order valence-electron chi connectivity index (χ1n) is 6.12. The SMILES string of the molecule is Cc1cc(C)cc(CNC2CCCSC2)c1. The normalized spacial score (nSPS) is 21.0. The van der Waals surface area contributed by atoms with Gasteiger partial charge in [-0.3, -0.25) is 0 Å². The molecule has 1 aromatic carbocycles. The minimum Gasteiger partial charge on any atom is -0.309 e. The third-order valence-corrected chi connectivity index (χ3v) is 4.25. The Labute approximate surface area is 103 Å². The minimum atomic E-state index is 0.722. The highest BCUT2D eigenvalue weighted by atomic mass is 32.2. The van der Waals surface area contributed by atoms with Crippen molar-refractivity contribution in [3.8, 4) is 0 Å². The van der Waals surface area contributed by atoms with Gasteiger partial charge in [0, 0.05) is 18.3 Å². The second kappa shape index (κ2) is 5.74. The molecule has 2 heteroatoms. The number of hydrogen-bond donors (Lipinski definition) is 1. The quantitative estimate of drug-likeness (QED) is 0.863. The smallest absolute Gasteiger partial charge is 0.0208 e. The van der Waals surface area contributed by atoms with Crippen LogP contribution in [0.15, 0.2) is 18.2 Å². The van der Waals surface area contributed by atoms with Crippen molar-refractivity contribution < 1.29 is 0 Å². The van der Waals surface area contributed by atoms with Gasteiger partial charge in [-0.25, -0.2) is 0 Å². The summed E-state index contributed by atoms with van der Waals surface area (Å²) in [5.74, 6) is 2.63. The van der Waals surface area contributed by atoms with Gasteiger partial charge in [-0.05, 0) is 38.0 Å². The highest BCUT2D eigenvalue weighted by Gasteiger charge is 2.12. The predicted molar refractivity (Wildman–Crippen MR) is 73.1 cm³/mol. The number of aryl methyl sites for hydroxylation is 2. The molecule has 1 aliphatic rings. The molecule has 0 radical (unpaired) electrons. The van der Waals surface area contributed by atoms with E-state index in [4.69, 9.17) is 0 Å². The Balaban J connectivity index is 1.88. The molecule has 1 saturated heterocycles. The molecule has 1 aromatic rings. The lowest BCUT2D eigenvalue weighted by Crippen LogP contribution is -2.33. The van der Waals surface area contributed by atoms with Crippen molar-refractivity contribution in [2.24, 2.45) is 0 Å². The van der Waals surface area contributed by atoms with Gasteiger partial charge in [0.2, 0.25) is 0 Å². The highest BCUT2D eigenvalue weighted by Crippen LogP contribution is 2.17. The van der Waals surface area contributed by atoms with Crippen molar-refractivity contribution in [2.45, 2.75) is 39.3 Å².